The van der Waals surface area contributed by atoms with Gasteiger partial charge in [0.2, 0.25) is 26.0 Å². The number of sulfonamides is 2. The monoisotopic (exact) mass is 476 g/mol. The highest BCUT2D eigenvalue weighted by molar-refractivity contribution is 9.10. The number of hydrogen-bond donors (Lipinski definition) is 4. The number of fused-ring (bicyclic) bond motifs is 4. The standard InChI is InChI=1S/C14H17BrN6O4S2/c1-16-26(22,23)10-5-9-6-11(7-10)27(24,25)19-4-2-3-17-13-12(15)8-18-14(20-9)21-13/h5-8,16,19H,2-4H2,1H3,(H2,17,18,20,21). The Morgan fingerprint density at radius 1 is 1.22 bits per heavy atom. The van der Waals surface area contributed by atoms with E-state index < -0.39 is 20.0 Å². The van der Waals surface area contributed by atoms with Crippen LogP contribution in [0, 0.1) is 0 Å². The number of hydrogen-bond acceptors (Lipinski definition) is 8. The van der Waals surface area contributed by atoms with Crippen LogP contribution in [0.5, 0.6) is 0 Å². The van der Waals surface area contributed by atoms with E-state index in [1.165, 1.54) is 19.2 Å². The summed E-state index contributed by atoms with van der Waals surface area (Å²) in [6, 6.07) is 3.74. The number of rotatable bonds is 2. The SMILES string of the molecule is CNS(=O)(=O)c1cc2cc(c1)S(=O)(=O)NCCCNc1nc(ncc1Br)N2. The van der Waals surface area contributed by atoms with Gasteiger partial charge in [0.25, 0.3) is 0 Å². The van der Waals surface area contributed by atoms with Crippen LogP contribution in [-0.2, 0) is 20.0 Å². The highest BCUT2D eigenvalue weighted by Gasteiger charge is 2.21. The lowest BCUT2D eigenvalue weighted by Crippen LogP contribution is -2.27. The molecule has 146 valence electrons. The number of halogens is 1. The first-order valence-corrected chi connectivity index (χ1v) is 11.6. The minimum Gasteiger partial charge on any atom is -0.369 e. The summed E-state index contributed by atoms with van der Waals surface area (Å²) in [5.41, 5.74) is 0.221. The third-order valence-corrected chi connectivity index (χ3v) is 7.12. The second-order valence-corrected chi connectivity index (χ2v) is 10.1. The molecule has 2 heterocycles. The molecule has 0 spiro atoms. The molecule has 0 aliphatic carbocycles. The summed E-state index contributed by atoms with van der Waals surface area (Å²) in [7, 11) is -6.51. The predicted octanol–water partition coefficient (Wildman–Crippen LogP) is 0.985. The van der Waals surface area contributed by atoms with E-state index in [2.05, 4.69) is 46.0 Å². The Kier molecular flexibility index (Phi) is 5.67. The third-order valence-electron chi connectivity index (χ3n) is 3.71. The van der Waals surface area contributed by atoms with Crippen LogP contribution in [0.3, 0.4) is 0 Å². The molecule has 0 fully saturated rings. The Balaban J connectivity index is 2.17. The van der Waals surface area contributed by atoms with Crippen molar-refractivity contribution in [1.29, 1.82) is 0 Å². The summed E-state index contributed by atoms with van der Waals surface area (Å²) in [6.45, 7) is 0.658. The molecule has 0 radical (unpaired) electrons. The van der Waals surface area contributed by atoms with Crippen molar-refractivity contribution in [3.05, 3.63) is 28.9 Å². The van der Waals surface area contributed by atoms with Crippen LogP contribution in [0.1, 0.15) is 6.42 Å². The molecule has 1 aromatic carbocycles. The van der Waals surface area contributed by atoms with E-state index in [1.807, 2.05) is 0 Å². The molecule has 10 nitrogen and oxygen atoms in total. The Labute approximate surface area is 165 Å². The Bertz CT molecular complexity index is 1080. The topological polar surface area (TPSA) is 142 Å². The molecule has 2 aromatic rings. The Morgan fingerprint density at radius 3 is 2.74 bits per heavy atom. The second kappa shape index (κ2) is 7.67. The molecule has 0 amide bonds. The van der Waals surface area contributed by atoms with Gasteiger partial charge in [0.1, 0.15) is 5.82 Å². The van der Waals surface area contributed by atoms with E-state index in [0.29, 0.717) is 23.3 Å². The van der Waals surface area contributed by atoms with Crippen molar-refractivity contribution in [3.63, 3.8) is 0 Å². The molecular weight excluding hydrogens is 460 g/mol. The predicted molar refractivity (Wildman–Crippen MR) is 104 cm³/mol. The van der Waals surface area contributed by atoms with E-state index in [0.717, 1.165) is 6.07 Å². The average Bonchev–Trinajstić information content (AvgIpc) is 2.63. The van der Waals surface area contributed by atoms with E-state index >= 15 is 0 Å². The maximum atomic E-state index is 12.6. The van der Waals surface area contributed by atoms with Gasteiger partial charge in [-0.05, 0) is 47.6 Å². The van der Waals surface area contributed by atoms with Crippen molar-refractivity contribution in [1.82, 2.24) is 19.4 Å². The van der Waals surface area contributed by atoms with E-state index in [-0.39, 0.29) is 28.0 Å². The van der Waals surface area contributed by atoms with Gasteiger partial charge in [-0.3, -0.25) is 0 Å². The van der Waals surface area contributed by atoms with E-state index in [4.69, 9.17) is 0 Å². The van der Waals surface area contributed by atoms with Gasteiger partial charge in [-0.1, -0.05) is 0 Å². The second-order valence-electron chi connectivity index (χ2n) is 5.59. The number of benzene rings is 1. The van der Waals surface area contributed by atoms with Gasteiger partial charge >= 0.3 is 0 Å². The first-order valence-electron chi connectivity index (χ1n) is 7.83. The van der Waals surface area contributed by atoms with Crippen molar-refractivity contribution in [2.24, 2.45) is 0 Å². The van der Waals surface area contributed by atoms with Crippen LogP contribution >= 0.6 is 15.9 Å². The van der Waals surface area contributed by atoms with Gasteiger partial charge in [0.05, 0.1) is 14.3 Å². The molecular formula is C14H17BrN6O4S2. The Hall–Kier alpha value is -1.80. The largest absolute Gasteiger partial charge is 0.369 e. The van der Waals surface area contributed by atoms with Crippen molar-refractivity contribution in [3.8, 4) is 0 Å². The molecule has 3 rings (SSSR count). The lowest BCUT2D eigenvalue weighted by molar-refractivity contribution is 0.579. The van der Waals surface area contributed by atoms with Crippen LogP contribution in [0.15, 0.2) is 38.7 Å². The molecule has 13 heteroatoms. The van der Waals surface area contributed by atoms with Gasteiger partial charge in [-0.25, -0.2) is 31.3 Å². The van der Waals surface area contributed by atoms with Crippen LogP contribution in [0.2, 0.25) is 0 Å². The molecule has 27 heavy (non-hydrogen) atoms. The van der Waals surface area contributed by atoms with Crippen molar-refractivity contribution >= 4 is 53.4 Å². The first kappa shape index (κ1) is 19.9. The molecule has 4 bridgehead atoms. The van der Waals surface area contributed by atoms with Gasteiger partial charge in [-0.15, -0.1) is 0 Å². The smallest absolute Gasteiger partial charge is 0.240 e. The molecule has 1 aliphatic heterocycles. The zero-order chi connectivity index (χ0) is 19.7. The summed E-state index contributed by atoms with van der Waals surface area (Å²) in [6.07, 6.45) is 2.04. The molecule has 0 saturated heterocycles. The molecule has 1 aliphatic rings. The molecule has 4 N–H and O–H groups in total. The molecule has 0 saturated carbocycles. The number of aromatic nitrogens is 2. The highest BCUT2D eigenvalue weighted by atomic mass is 79.9. The summed E-state index contributed by atoms with van der Waals surface area (Å²) in [5, 5.41) is 5.95. The fraction of sp³-hybridized carbons (Fsp3) is 0.286. The van der Waals surface area contributed by atoms with Crippen LogP contribution in [-0.4, -0.2) is 46.9 Å². The summed E-state index contributed by atoms with van der Waals surface area (Å²) < 4.78 is 54.8. The maximum absolute atomic E-state index is 12.6. The van der Waals surface area contributed by atoms with Gasteiger partial charge in [-0.2, -0.15) is 4.98 Å². The molecule has 0 unspecified atom stereocenters. The van der Waals surface area contributed by atoms with Crippen molar-refractivity contribution in [2.75, 3.05) is 30.8 Å². The Morgan fingerprint density at radius 2 is 2.00 bits per heavy atom. The van der Waals surface area contributed by atoms with E-state index in [1.54, 1.807) is 6.20 Å². The lowest BCUT2D eigenvalue weighted by atomic mass is 10.3. The van der Waals surface area contributed by atoms with Crippen molar-refractivity contribution < 1.29 is 16.8 Å². The summed E-state index contributed by atoms with van der Waals surface area (Å²) in [4.78, 5) is 8.08. The zero-order valence-corrected chi connectivity index (χ0v) is 17.4. The molecule has 1 aromatic heterocycles. The molecule has 0 atom stereocenters. The maximum Gasteiger partial charge on any atom is 0.240 e. The minimum absolute atomic E-state index is 0.175. The minimum atomic E-state index is -3.89. The number of anilines is 3. The summed E-state index contributed by atoms with van der Waals surface area (Å²) >= 11 is 3.35. The van der Waals surface area contributed by atoms with Crippen molar-refractivity contribution in [2.45, 2.75) is 16.2 Å². The van der Waals surface area contributed by atoms with Gasteiger partial charge in [0.15, 0.2) is 0 Å². The van der Waals surface area contributed by atoms with Crippen LogP contribution in [0.4, 0.5) is 17.5 Å². The van der Waals surface area contributed by atoms with E-state index in [9.17, 15) is 16.8 Å². The highest BCUT2D eigenvalue weighted by Crippen LogP contribution is 2.26. The van der Waals surface area contributed by atoms with Gasteiger partial charge < -0.3 is 10.6 Å². The average molecular weight is 477 g/mol. The number of nitrogens with one attached hydrogen (secondary N) is 4. The number of nitrogens with zero attached hydrogens (tertiary/aromatic N) is 2. The lowest BCUT2D eigenvalue weighted by Gasteiger charge is -2.12. The first-order chi connectivity index (χ1) is 12.7. The fourth-order valence-corrected chi connectivity index (χ4v) is 4.69. The fourth-order valence-electron chi connectivity index (χ4n) is 2.34. The quantitative estimate of drug-likeness (QED) is 0.502. The van der Waals surface area contributed by atoms with Crippen LogP contribution in [0.25, 0.3) is 0 Å². The van der Waals surface area contributed by atoms with Crippen LogP contribution < -0.4 is 20.1 Å². The van der Waals surface area contributed by atoms with Gasteiger partial charge in [0, 0.05) is 25.0 Å². The zero-order valence-electron chi connectivity index (χ0n) is 14.2. The third kappa shape index (κ3) is 4.55. The normalized spacial score (nSPS) is 16.8. The summed E-state index contributed by atoms with van der Waals surface area (Å²) in [5.74, 6) is 0.726.